The fraction of sp³-hybridized carbons (Fsp3) is 0.208. The lowest BCUT2D eigenvalue weighted by molar-refractivity contribution is -0.145. The summed E-state index contributed by atoms with van der Waals surface area (Å²) in [6, 6.07) is 14.4. The zero-order valence-corrected chi connectivity index (χ0v) is 16.1. The maximum absolute atomic E-state index is 13.1. The third kappa shape index (κ3) is 3.20. The molecule has 5 rings (SSSR count). The number of cyclic esters (lactones) is 1. The number of para-hydroxylation sites is 1. The minimum atomic E-state index is -0.853. The van der Waals surface area contributed by atoms with Crippen molar-refractivity contribution in [3.8, 4) is 5.75 Å². The molecular weight excluding hydrogens is 382 g/mol. The summed E-state index contributed by atoms with van der Waals surface area (Å²) < 4.78 is 10.4. The number of pyridine rings is 1. The second-order valence-corrected chi connectivity index (χ2v) is 7.44. The highest BCUT2D eigenvalue weighted by molar-refractivity contribution is 6.07. The van der Waals surface area contributed by atoms with Crippen molar-refractivity contribution in [1.82, 2.24) is 4.98 Å². The van der Waals surface area contributed by atoms with Crippen LogP contribution in [0.15, 0.2) is 48.5 Å². The number of allylic oxidation sites excluding steroid dienone is 1. The van der Waals surface area contributed by atoms with E-state index in [0.29, 0.717) is 23.9 Å². The summed E-state index contributed by atoms with van der Waals surface area (Å²) in [6.45, 7) is 0.269. The van der Waals surface area contributed by atoms with E-state index in [9.17, 15) is 14.7 Å². The first-order valence-corrected chi connectivity index (χ1v) is 9.89. The van der Waals surface area contributed by atoms with Crippen LogP contribution in [-0.2, 0) is 20.7 Å². The zero-order valence-electron chi connectivity index (χ0n) is 16.1. The number of hydrogen-bond acceptors (Lipinski definition) is 6. The summed E-state index contributed by atoms with van der Waals surface area (Å²) >= 11 is 0. The number of nitrogens with zero attached hydrogens (tertiary/aromatic N) is 1. The van der Waals surface area contributed by atoms with Crippen LogP contribution in [0, 0.1) is 0 Å². The van der Waals surface area contributed by atoms with Crippen LogP contribution in [0.3, 0.4) is 0 Å². The number of phenols is 1. The standard InChI is InChI=1S/C24H19NO5/c26-16-8-5-14(6-9-16)13-15-7-10-18-21(24(28)30-20-11-12-29-23(20)27)17-3-1-2-4-19(17)25-22(15)18/h1-6,8-9,13,20,26H,7,10-12H2/b15-13+/t20-/m0/s1. The van der Waals surface area contributed by atoms with Crippen molar-refractivity contribution in [3.63, 3.8) is 0 Å². The van der Waals surface area contributed by atoms with Gasteiger partial charge in [0.1, 0.15) is 5.75 Å². The molecule has 1 aliphatic heterocycles. The largest absolute Gasteiger partial charge is 0.508 e. The molecule has 0 bridgehead atoms. The SMILES string of the molecule is O=C(O[C@H]1CCOC1=O)c1c2c(nc3ccccc13)/C(=C/c1ccc(O)cc1)CC2. The lowest BCUT2D eigenvalue weighted by Crippen LogP contribution is -2.23. The van der Waals surface area contributed by atoms with E-state index < -0.39 is 18.0 Å². The Bertz CT molecular complexity index is 1200. The highest BCUT2D eigenvalue weighted by Crippen LogP contribution is 2.38. The maximum Gasteiger partial charge on any atom is 0.347 e. The minimum Gasteiger partial charge on any atom is -0.508 e. The van der Waals surface area contributed by atoms with Crippen molar-refractivity contribution in [2.45, 2.75) is 25.4 Å². The van der Waals surface area contributed by atoms with E-state index in [1.807, 2.05) is 42.5 Å². The van der Waals surface area contributed by atoms with Crippen molar-refractivity contribution < 1.29 is 24.2 Å². The van der Waals surface area contributed by atoms with Gasteiger partial charge in [-0.05, 0) is 53.8 Å². The summed E-state index contributed by atoms with van der Waals surface area (Å²) in [5.74, 6) is -0.797. The Morgan fingerprint density at radius 1 is 1.13 bits per heavy atom. The second-order valence-electron chi connectivity index (χ2n) is 7.44. The smallest absolute Gasteiger partial charge is 0.347 e. The Kier molecular flexibility index (Phi) is 4.47. The van der Waals surface area contributed by atoms with Crippen LogP contribution in [-0.4, -0.2) is 34.7 Å². The number of benzene rings is 2. The molecule has 3 aromatic rings. The van der Waals surface area contributed by atoms with Gasteiger partial charge in [-0.2, -0.15) is 0 Å². The fourth-order valence-electron chi connectivity index (χ4n) is 4.06. The molecule has 0 radical (unpaired) electrons. The molecule has 1 atom stereocenters. The minimum absolute atomic E-state index is 0.212. The van der Waals surface area contributed by atoms with E-state index in [1.54, 1.807) is 12.1 Å². The van der Waals surface area contributed by atoms with Gasteiger partial charge in [0.2, 0.25) is 6.10 Å². The molecule has 1 aliphatic carbocycles. The summed E-state index contributed by atoms with van der Waals surface area (Å²) in [4.78, 5) is 29.7. The highest BCUT2D eigenvalue weighted by atomic mass is 16.6. The number of hydrogen-bond donors (Lipinski definition) is 1. The number of carbonyl (C=O) groups is 2. The molecule has 2 aromatic carbocycles. The second kappa shape index (κ2) is 7.30. The number of rotatable bonds is 3. The van der Waals surface area contributed by atoms with Crippen LogP contribution in [0.2, 0.25) is 0 Å². The normalized spacial score (nSPS) is 19.1. The quantitative estimate of drug-likeness (QED) is 0.670. The average molecular weight is 401 g/mol. The van der Waals surface area contributed by atoms with Crippen molar-refractivity contribution in [2.75, 3.05) is 6.61 Å². The molecule has 1 aromatic heterocycles. The van der Waals surface area contributed by atoms with Crippen molar-refractivity contribution >= 4 is 34.5 Å². The Labute approximate surface area is 172 Å². The molecule has 0 spiro atoms. The first-order chi connectivity index (χ1) is 14.6. The van der Waals surface area contributed by atoms with Crippen LogP contribution < -0.4 is 0 Å². The van der Waals surface area contributed by atoms with Crippen LogP contribution in [0.1, 0.15) is 40.0 Å². The van der Waals surface area contributed by atoms with E-state index in [4.69, 9.17) is 14.5 Å². The van der Waals surface area contributed by atoms with Gasteiger partial charge in [0.15, 0.2) is 0 Å². The Balaban J connectivity index is 1.60. The fourth-order valence-corrected chi connectivity index (χ4v) is 4.06. The molecule has 0 amide bonds. The number of esters is 2. The van der Waals surface area contributed by atoms with Crippen LogP contribution >= 0.6 is 0 Å². The molecule has 0 unspecified atom stereocenters. The van der Waals surface area contributed by atoms with Crippen LogP contribution in [0.25, 0.3) is 22.6 Å². The molecule has 30 heavy (non-hydrogen) atoms. The number of aromatic nitrogens is 1. The van der Waals surface area contributed by atoms with Gasteiger partial charge in [0.25, 0.3) is 0 Å². The van der Waals surface area contributed by atoms with Crippen molar-refractivity contribution in [2.24, 2.45) is 0 Å². The van der Waals surface area contributed by atoms with E-state index >= 15 is 0 Å². The molecule has 1 saturated heterocycles. The molecule has 2 heterocycles. The zero-order chi connectivity index (χ0) is 20.7. The summed E-state index contributed by atoms with van der Waals surface area (Å²) in [5, 5.41) is 10.2. The lowest BCUT2D eigenvalue weighted by Gasteiger charge is -2.14. The monoisotopic (exact) mass is 401 g/mol. The predicted molar refractivity (Wildman–Crippen MR) is 111 cm³/mol. The lowest BCUT2D eigenvalue weighted by atomic mass is 10.0. The molecule has 2 aliphatic rings. The number of phenolic OH excluding ortho intramolecular Hbond substituents is 1. The molecule has 150 valence electrons. The van der Waals surface area contributed by atoms with Gasteiger partial charge in [0.05, 0.1) is 23.4 Å². The van der Waals surface area contributed by atoms with Gasteiger partial charge in [0, 0.05) is 11.8 Å². The van der Waals surface area contributed by atoms with Crippen LogP contribution in [0.4, 0.5) is 0 Å². The van der Waals surface area contributed by atoms with Gasteiger partial charge in [-0.25, -0.2) is 14.6 Å². The van der Waals surface area contributed by atoms with Crippen LogP contribution in [0.5, 0.6) is 5.75 Å². The van der Waals surface area contributed by atoms with Crippen molar-refractivity contribution in [3.05, 3.63) is 70.9 Å². The summed E-state index contributed by atoms with van der Waals surface area (Å²) in [7, 11) is 0. The molecular formula is C24H19NO5. The van der Waals surface area contributed by atoms with E-state index in [1.165, 1.54) is 0 Å². The molecule has 6 heteroatoms. The van der Waals surface area contributed by atoms with E-state index in [-0.39, 0.29) is 12.4 Å². The molecule has 0 saturated carbocycles. The number of aromatic hydroxyl groups is 1. The molecule has 6 nitrogen and oxygen atoms in total. The van der Waals surface area contributed by atoms with Crippen molar-refractivity contribution in [1.29, 1.82) is 0 Å². The summed E-state index contributed by atoms with van der Waals surface area (Å²) in [6.07, 6.45) is 2.95. The first kappa shape index (κ1) is 18.4. The predicted octanol–water partition coefficient (Wildman–Crippen LogP) is 3.90. The average Bonchev–Trinajstić information content (AvgIpc) is 3.34. The third-order valence-corrected chi connectivity index (χ3v) is 5.52. The Morgan fingerprint density at radius 2 is 1.93 bits per heavy atom. The van der Waals surface area contributed by atoms with E-state index in [0.717, 1.165) is 34.2 Å². The number of ether oxygens (including phenoxy) is 2. The molecule has 1 N–H and O–H groups in total. The summed E-state index contributed by atoms with van der Waals surface area (Å²) in [5.41, 5.74) is 4.78. The maximum atomic E-state index is 13.1. The van der Waals surface area contributed by atoms with Gasteiger partial charge < -0.3 is 14.6 Å². The molecule has 1 fully saturated rings. The Hall–Kier alpha value is -3.67. The van der Waals surface area contributed by atoms with Gasteiger partial charge >= 0.3 is 11.9 Å². The van der Waals surface area contributed by atoms with Gasteiger partial charge in [-0.1, -0.05) is 30.3 Å². The highest BCUT2D eigenvalue weighted by Gasteiger charge is 2.33. The van der Waals surface area contributed by atoms with E-state index in [2.05, 4.69) is 0 Å². The first-order valence-electron chi connectivity index (χ1n) is 9.89. The topological polar surface area (TPSA) is 85.7 Å². The number of carbonyl (C=O) groups excluding carboxylic acids is 2. The Morgan fingerprint density at radius 3 is 2.70 bits per heavy atom. The van der Waals surface area contributed by atoms with Gasteiger partial charge in [-0.3, -0.25) is 0 Å². The van der Waals surface area contributed by atoms with Gasteiger partial charge in [-0.15, -0.1) is 0 Å². The third-order valence-electron chi connectivity index (χ3n) is 5.52. The number of fused-ring (bicyclic) bond motifs is 2.